The Bertz CT molecular complexity index is 347. The quantitative estimate of drug-likeness (QED) is 0.816. The molecule has 0 aliphatic carbocycles. The summed E-state index contributed by atoms with van der Waals surface area (Å²) in [4.78, 5) is 0. The topological polar surface area (TPSA) is 21.3 Å². The maximum atomic E-state index is 5.95. The van der Waals surface area contributed by atoms with Crippen molar-refractivity contribution in [3.63, 3.8) is 0 Å². The molecule has 1 atom stereocenters. The lowest BCUT2D eigenvalue weighted by molar-refractivity contribution is 0.214. The van der Waals surface area contributed by atoms with Crippen molar-refractivity contribution in [2.45, 2.75) is 40.7 Å². The zero-order valence-electron chi connectivity index (χ0n) is 11.7. The van der Waals surface area contributed by atoms with Gasteiger partial charge in [0.1, 0.15) is 11.9 Å². The average molecular weight is 235 g/mol. The minimum absolute atomic E-state index is 0.203. The number of benzene rings is 1. The molecule has 0 saturated heterocycles. The predicted molar refractivity (Wildman–Crippen MR) is 73.7 cm³/mol. The van der Waals surface area contributed by atoms with Gasteiger partial charge in [-0.25, -0.2) is 0 Å². The Hall–Kier alpha value is -1.02. The first-order valence-electron chi connectivity index (χ1n) is 6.43. The number of hydrogen-bond acceptors (Lipinski definition) is 2. The minimum Gasteiger partial charge on any atom is -0.489 e. The fourth-order valence-electron chi connectivity index (χ4n) is 1.67. The van der Waals surface area contributed by atoms with Gasteiger partial charge < -0.3 is 10.1 Å². The number of ether oxygens (including phenoxy) is 1. The van der Waals surface area contributed by atoms with E-state index in [1.54, 1.807) is 0 Å². The van der Waals surface area contributed by atoms with Gasteiger partial charge >= 0.3 is 0 Å². The smallest absolute Gasteiger partial charge is 0.122 e. The van der Waals surface area contributed by atoms with Crippen LogP contribution in [0.5, 0.6) is 5.75 Å². The highest BCUT2D eigenvalue weighted by atomic mass is 16.5. The molecule has 0 aliphatic heterocycles. The minimum atomic E-state index is 0.203. The summed E-state index contributed by atoms with van der Waals surface area (Å²) in [5.74, 6) is 1.69. The van der Waals surface area contributed by atoms with Crippen LogP contribution in [-0.4, -0.2) is 19.2 Å². The lowest BCUT2D eigenvalue weighted by atomic mass is 10.1. The Kier molecular flexibility index (Phi) is 5.49. The van der Waals surface area contributed by atoms with Crippen molar-refractivity contribution in [1.29, 1.82) is 0 Å². The first-order chi connectivity index (χ1) is 7.99. The molecule has 0 bridgehead atoms. The Morgan fingerprint density at radius 2 is 1.82 bits per heavy atom. The standard InChI is InChI=1S/C15H25NO/c1-11(2)9-16-10-14(5)17-15-8-12(3)6-7-13(15)4/h6-8,11,14,16H,9-10H2,1-5H3. The summed E-state index contributed by atoms with van der Waals surface area (Å²) in [5.41, 5.74) is 2.44. The molecule has 0 amide bonds. The van der Waals surface area contributed by atoms with Crippen LogP contribution in [0.2, 0.25) is 0 Å². The molecule has 0 aliphatic rings. The predicted octanol–water partition coefficient (Wildman–Crippen LogP) is 3.32. The molecule has 1 aromatic carbocycles. The second kappa shape index (κ2) is 6.65. The van der Waals surface area contributed by atoms with E-state index in [1.807, 2.05) is 0 Å². The molecule has 1 N–H and O–H groups in total. The molecule has 1 unspecified atom stereocenters. The first kappa shape index (κ1) is 14.0. The zero-order chi connectivity index (χ0) is 12.8. The normalized spacial score (nSPS) is 12.8. The van der Waals surface area contributed by atoms with Crippen molar-refractivity contribution in [2.24, 2.45) is 5.92 Å². The van der Waals surface area contributed by atoms with Gasteiger partial charge in [0.25, 0.3) is 0 Å². The number of aryl methyl sites for hydroxylation is 2. The highest BCUT2D eigenvalue weighted by Gasteiger charge is 2.06. The van der Waals surface area contributed by atoms with Crippen LogP contribution in [0.15, 0.2) is 18.2 Å². The van der Waals surface area contributed by atoms with E-state index < -0.39 is 0 Å². The highest BCUT2D eigenvalue weighted by Crippen LogP contribution is 2.20. The Morgan fingerprint density at radius 1 is 1.12 bits per heavy atom. The van der Waals surface area contributed by atoms with Crippen molar-refractivity contribution in [2.75, 3.05) is 13.1 Å². The zero-order valence-corrected chi connectivity index (χ0v) is 11.7. The summed E-state index contributed by atoms with van der Waals surface area (Å²) >= 11 is 0. The molecular weight excluding hydrogens is 210 g/mol. The molecule has 96 valence electrons. The molecule has 1 aromatic rings. The average Bonchev–Trinajstić information content (AvgIpc) is 2.23. The molecule has 0 aromatic heterocycles. The van der Waals surface area contributed by atoms with Crippen LogP contribution in [-0.2, 0) is 0 Å². The van der Waals surface area contributed by atoms with Crippen LogP contribution in [0.4, 0.5) is 0 Å². The summed E-state index contributed by atoms with van der Waals surface area (Å²) in [7, 11) is 0. The third-order valence-electron chi connectivity index (χ3n) is 2.66. The molecule has 0 radical (unpaired) electrons. The van der Waals surface area contributed by atoms with E-state index in [4.69, 9.17) is 4.74 Å². The largest absolute Gasteiger partial charge is 0.489 e. The van der Waals surface area contributed by atoms with Crippen LogP contribution in [0.3, 0.4) is 0 Å². The van der Waals surface area contributed by atoms with Gasteiger partial charge in [0.2, 0.25) is 0 Å². The Morgan fingerprint density at radius 3 is 2.47 bits per heavy atom. The Labute approximate surface area is 105 Å². The van der Waals surface area contributed by atoms with Gasteiger partial charge in [0, 0.05) is 6.54 Å². The van der Waals surface area contributed by atoms with Crippen molar-refractivity contribution in [1.82, 2.24) is 5.32 Å². The molecule has 1 rings (SSSR count). The molecule has 0 saturated carbocycles. The number of hydrogen-bond donors (Lipinski definition) is 1. The van der Waals surface area contributed by atoms with Crippen LogP contribution >= 0.6 is 0 Å². The van der Waals surface area contributed by atoms with Gasteiger partial charge in [-0.3, -0.25) is 0 Å². The molecule has 2 heteroatoms. The van der Waals surface area contributed by atoms with Crippen molar-refractivity contribution in [3.05, 3.63) is 29.3 Å². The van der Waals surface area contributed by atoms with E-state index in [-0.39, 0.29) is 6.10 Å². The van der Waals surface area contributed by atoms with Gasteiger partial charge in [-0.15, -0.1) is 0 Å². The maximum absolute atomic E-state index is 5.95. The lowest BCUT2D eigenvalue weighted by Gasteiger charge is -2.18. The molecule has 0 fully saturated rings. The van der Waals surface area contributed by atoms with Crippen LogP contribution in [0.1, 0.15) is 31.9 Å². The lowest BCUT2D eigenvalue weighted by Crippen LogP contribution is -2.31. The summed E-state index contributed by atoms with van der Waals surface area (Å²) in [6.07, 6.45) is 0.203. The number of rotatable bonds is 6. The molecular formula is C15H25NO. The van der Waals surface area contributed by atoms with Crippen molar-refractivity contribution < 1.29 is 4.74 Å². The Balaban J connectivity index is 2.44. The van der Waals surface area contributed by atoms with E-state index in [2.05, 4.69) is 58.1 Å². The third-order valence-corrected chi connectivity index (χ3v) is 2.66. The second-order valence-electron chi connectivity index (χ2n) is 5.25. The fourth-order valence-corrected chi connectivity index (χ4v) is 1.67. The summed E-state index contributed by atoms with van der Waals surface area (Å²) in [5, 5.41) is 3.41. The highest BCUT2D eigenvalue weighted by molar-refractivity contribution is 5.36. The van der Waals surface area contributed by atoms with Gasteiger partial charge in [-0.05, 0) is 50.4 Å². The molecule has 17 heavy (non-hydrogen) atoms. The van der Waals surface area contributed by atoms with Crippen LogP contribution < -0.4 is 10.1 Å². The van der Waals surface area contributed by atoms with E-state index >= 15 is 0 Å². The molecule has 0 spiro atoms. The van der Waals surface area contributed by atoms with Gasteiger partial charge in [0.05, 0.1) is 0 Å². The van der Waals surface area contributed by atoms with Gasteiger partial charge in [-0.1, -0.05) is 26.0 Å². The molecule has 0 heterocycles. The molecule has 2 nitrogen and oxygen atoms in total. The first-order valence-corrected chi connectivity index (χ1v) is 6.43. The van der Waals surface area contributed by atoms with Gasteiger partial charge in [0.15, 0.2) is 0 Å². The fraction of sp³-hybridized carbons (Fsp3) is 0.600. The van der Waals surface area contributed by atoms with Crippen LogP contribution in [0.25, 0.3) is 0 Å². The van der Waals surface area contributed by atoms with E-state index in [0.717, 1.165) is 18.8 Å². The summed E-state index contributed by atoms with van der Waals surface area (Å²) in [6, 6.07) is 6.33. The SMILES string of the molecule is Cc1ccc(C)c(OC(C)CNCC(C)C)c1. The van der Waals surface area contributed by atoms with Crippen molar-refractivity contribution >= 4 is 0 Å². The van der Waals surface area contributed by atoms with Gasteiger partial charge in [-0.2, -0.15) is 0 Å². The summed E-state index contributed by atoms with van der Waals surface area (Å²) < 4.78 is 5.95. The van der Waals surface area contributed by atoms with E-state index in [1.165, 1.54) is 11.1 Å². The maximum Gasteiger partial charge on any atom is 0.122 e. The second-order valence-corrected chi connectivity index (χ2v) is 5.25. The van der Waals surface area contributed by atoms with Crippen LogP contribution in [0, 0.1) is 19.8 Å². The third kappa shape index (κ3) is 5.22. The number of nitrogens with one attached hydrogen (secondary N) is 1. The van der Waals surface area contributed by atoms with E-state index in [0.29, 0.717) is 5.92 Å². The van der Waals surface area contributed by atoms with Crippen molar-refractivity contribution in [3.8, 4) is 5.75 Å². The van der Waals surface area contributed by atoms with E-state index in [9.17, 15) is 0 Å². The monoisotopic (exact) mass is 235 g/mol. The summed E-state index contributed by atoms with van der Waals surface area (Å²) in [6.45, 7) is 12.6.